The number of benzene rings is 1. The summed E-state index contributed by atoms with van der Waals surface area (Å²) in [6.07, 6.45) is 1.33. The van der Waals surface area contributed by atoms with Crippen LogP contribution in [0.1, 0.15) is 30.1 Å². The molecule has 112 valence electrons. The van der Waals surface area contributed by atoms with Crippen LogP contribution in [0.5, 0.6) is 0 Å². The van der Waals surface area contributed by atoms with Crippen molar-refractivity contribution in [1.82, 2.24) is 10.6 Å². The van der Waals surface area contributed by atoms with Gasteiger partial charge in [0.25, 0.3) is 5.91 Å². The van der Waals surface area contributed by atoms with E-state index < -0.39 is 0 Å². The van der Waals surface area contributed by atoms with Gasteiger partial charge in [0.05, 0.1) is 0 Å². The van der Waals surface area contributed by atoms with Gasteiger partial charge in [-0.05, 0) is 37.7 Å². The van der Waals surface area contributed by atoms with E-state index in [9.17, 15) is 9.59 Å². The van der Waals surface area contributed by atoms with Gasteiger partial charge in [0.15, 0.2) is 0 Å². The molecule has 0 bridgehead atoms. The van der Waals surface area contributed by atoms with E-state index in [0.29, 0.717) is 30.8 Å². The van der Waals surface area contributed by atoms with Crippen molar-refractivity contribution < 1.29 is 9.59 Å². The normalized spacial score (nSPS) is 9.50. The highest BCUT2D eigenvalue weighted by Crippen LogP contribution is 2.09. The highest BCUT2D eigenvalue weighted by molar-refractivity contribution is 5.95. The van der Waals surface area contributed by atoms with Gasteiger partial charge in [-0.15, -0.1) is 12.4 Å². The Bertz CT molecular complexity index is 421. The zero-order chi connectivity index (χ0) is 14.1. The Hall–Kier alpha value is -1.59. The Morgan fingerprint density at radius 1 is 1.10 bits per heavy atom. The first-order valence-corrected chi connectivity index (χ1v) is 6.50. The molecule has 2 amide bonds. The van der Waals surface area contributed by atoms with Crippen LogP contribution in [0.25, 0.3) is 0 Å². The van der Waals surface area contributed by atoms with E-state index in [4.69, 9.17) is 0 Å². The van der Waals surface area contributed by atoms with Gasteiger partial charge in [-0.2, -0.15) is 0 Å². The lowest BCUT2D eigenvalue weighted by molar-refractivity contribution is -0.116. The molecule has 20 heavy (non-hydrogen) atoms. The van der Waals surface area contributed by atoms with E-state index in [2.05, 4.69) is 16.0 Å². The number of hydrogen-bond donors (Lipinski definition) is 3. The van der Waals surface area contributed by atoms with Gasteiger partial charge >= 0.3 is 0 Å². The monoisotopic (exact) mass is 299 g/mol. The fourth-order valence-corrected chi connectivity index (χ4v) is 1.51. The first kappa shape index (κ1) is 18.4. The molecule has 0 saturated heterocycles. The molecule has 0 saturated carbocycles. The maximum absolute atomic E-state index is 11.7. The molecule has 0 aliphatic heterocycles. The van der Waals surface area contributed by atoms with Crippen molar-refractivity contribution in [2.45, 2.75) is 19.8 Å². The number of carbonyl (C=O) groups excluding carboxylic acids is 2. The number of carbonyl (C=O) groups is 2. The second-order valence-electron chi connectivity index (χ2n) is 4.23. The Morgan fingerprint density at radius 2 is 1.75 bits per heavy atom. The minimum absolute atomic E-state index is 0. The summed E-state index contributed by atoms with van der Waals surface area (Å²) >= 11 is 0. The van der Waals surface area contributed by atoms with E-state index in [1.54, 1.807) is 31.3 Å². The van der Waals surface area contributed by atoms with Gasteiger partial charge in [0.2, 0.25) is 5.91 Å². The molecule has 0 fully saturated rings. The molecule has 1 rings (SSSR count). The molecule has 0 aliphatic carbocycles. The van der Waals surface area contributed by atoms with Gasteiger partial charge in [0, 0.05) is 30.8 Å². The molecule has 0 aliphatic rings. The largest absolute Gasteiger partial charge is 0.352 e. The lowest BCUT2D eigenvalue weighted by Gasteiger charge is -2.07. The maximum Gasteiger partial charge on any atom is 0.251 e. The molecular formula is C14H22ClN3O2. The Balaban J connectivity index is 0.00000361. The third-order valence-corrected chi connectivity index (χ3v) is 2.57. The molecule has 0 spiro atoms. The predicted octanol–water partition coefficient (Wildman–Crippen LogP) is 1.80. The van der Waals surface area contributed by atoms with Crippen molar-refractivity contribution in [3.8, 4) is 0 Å². The fraction of sp³-hybridized carbons (Fsp3) is 0.429. The summed E-state index contributed by atoms with van der Waals surface area (Å²) in [6, 6.07) is 6.88. The zero-order valence-electron chi connectivity index (χ0n) is 11.9. The van der Waals surface area contributed by atoms with Gasteiger partial charge in [-0.3, -0.25) is 9.59 Å². The van der Waals surface area contributed by atoms with Crippen LogP contribution in [-0.4, -0.2) is 32.0 Å². The Morgan fingerprint density at radius 3 is 2.30 bits per heavy atom. The van der Waals surface area contributed by atoms with Gasteiger partial charge in [0.1, 0.15) is 0 Å². The van der Waals surface area contributed by atoms with Gasteiger partial charge in [-0.1, -0.05) is 6.92 Å². The minimum atomic E-state index is -0.0880. The summed E-state index contributed by atoms with van der Waals surface area (Å²) < 4.78 is 0. The molecule has 0 unspecified atom stereocenters. The zero-order valence-corrected chi connectivity index (χ0v) is 12.7. The molecule has 3 N–H and O–H groups in total. The molecule has 6 heteroatoms. The van der Waals surface area contributed by atoms with E-state index >= 15 is 0 Å². The smallest absolute Gasteiger partial charge is 0.251 e. The van der Waals surface area contributed by atoms with Crippen LogP contribution in [0.3, 0.4) is 0 Å². The number of rotatable bonds is 7. The summed E-state index contributed by atoms with van der Waals surface area (Å²) in [6.45, 7) is 3.31. The van der Waals surface area contributed by atoms with Crippen LogP contribution in [0.4, 0.5) is 5.69 Å². The average Bonchev–Trinajstić information content (AvgIpc) is 2.43. The summed E-state index contributed by atoms with van der Waals surface area (Å²) in [7, 11) is 1.80. The van der Waals surface area contributed by atoms with Crippen molar-refractivity contribution in [1.29, 1.82) is 0 Å². The second-order valence-corrected chi connectivity index (χ2v) is 4.23. The fourth-order valence-electron chi connectivity index (χ4n) is 1.51. The third-order valence-electron chi connectivity index (χ3n) is 2.57. The number of nitrogens with one attached hydrogen (secondary N) is 3. The molecule has 1 aromatic rings. The standard InChI is InChI=1S/C14H21N3O2.ClH/c1-3-9-16-14(19)11-4-6-12(7-5-11)17-13(18)8-10-15-2;/h4-7,15H,3,8-10H2,1-2H3,(H,16,19)(H,17,18);1H. The van der Waals surface area contributed by atoms with Crippen molar-refractivity contribution >= 4 is 29.9 Å². The van der Waals surface area contributed by atoms with Gasteiger partial charge in [-0.25, -0.2) is 0 Å². The molecule has 0 heterocycles. The maximum atomic E-state index is 11.7. The van der Waals surface area contributed by atoms with Crippen LogP contribution < -0.4 is 16.0 Å². The predicted molar refractivity (Wildman–Crippen MR) is 83.5 cm³/mol. The van der Waals surface area contributed by atoms with Crippen molar-refractivity contribution in [2.75, 3.05) is 25.5 Å². The molecular weight excluding hydrogens is 278 g/mol. The number of amides is 2. The second kappa shape index (κ2) is 10.2. The van der Waals surface area contributed by atoms with Crippen LogP contribution in [0.2, 0.25) is 0 Å². The van der Waals surface area contributed by atoms with Crippen LogP contribution >= 0.6 is 12.4 Å². The van der Waals surface area contributed by atoms with E-state index in [0.717, 1.165) is 6.42 Å². The average molecular weight is 300 g/mol. The van der Waals surface area contributed by atoms with Crippen LogP contribution in [0.15, 0.2) is 24.3 Å². The van der Waals surface area contributed by atoms with Crippen molar-refractivity contribution in [2.24, 2.45) is 0 Å². The molecule has 1 aromatic carbocycles. The van der Waals surface area contributed by atoms with E-state index in [1.165, 1.54) is 0 Å². The summed E-state index contributed by atoms with van der Waals surface area (Å²) in [4.78, 5) is 23.2. The number of anilines is 1. The summed E-state index contributed by atoms with van der Waals surface area (Å²) in [5, 5.41) is 8.49. The van der Waals surface area contributed by atoms with Crippen LogP contribution in [-0.2, 0) is 4.79 Å². The summed E-state index contributed by atoms with van der Waals surface area (Å²) in [5.74, 6) is -0.132. The first-order chi connectivity index (χ1) is 9.17. The molecule has 5 nitrogen and oxygen atoms in total. The van der Waals surface area contributed by atoms with E-state index in [-0.39, 0.29) is 24.2 Å². The highest BCUT2D eigenvalue weighted by Gasteiger charge is 2.05. The lowest BCUT2D eigenvalue weighted by atomic mass is 10.2. The van der Waals surface area contributed by atoms with E-state index in [1.807, 2.05) is 6.92 Å². The first-order valence-electron chi connectivity index (χ1n) is 6.50. The quantitative estimate of drug-likeness (QED) is 0.719. The van der Waals surface area contributed by atoms with Gasteiger partial charge < -0.3 is 16.0 Å². The highest BCUT2D eigenvalue weighted by atomic mass is 35.5. The van der Waals surface area contributed by atoms with Crippen LogP contribution in [0, 0.1) is 0 Å². The van der Waals surface area contributed by atoms with Crippen molar-refractivity contribution in [3.63, 3.8) is 0 Å². The topological polar surface area (TPSA) is 70.2 Å². The SMILES string of the molecule is CCCNC(=O)c1ccc(NC(=O)CCNC)cc1.Cl. The molecule has 0 radical (unpaired) electrons. The number of halogens is 1. The Labute approximate surface area is 125 Å². The van der Waals surface area contributed by atoms with Crippen molar-refractivity contribution in [3.05, 3.63) is 29.8 Å². The summed E-state index contributed by atoms with van der Waals surface area (Å²) in [5.41, 5.74) is 1.30. The third kappa shape index (κ3) is 6.54. The Kier molecular flexibility index (Phi) is 9.41. The number of hydrogen-bond acceptors (Lipinski definition) is 3. The molecule has 0 aromatic heterocycles. The minimum Gasteiger partial charge on any atom is -0.352 e. The molecule has 0 atom stereocenters. The lowest BCUT2D eigenvalue weighted by Crippen LogP contribution is -2.24.